The van der Waals surface area contributed by atoms with Gasteiger partial charge in [0.1, 0.15) is 0 Å². The summed E-state index contributed by atoms with van der Waals surface area (Å²) < 4.78 is 4.68. The minimum absolute atomic E-state index is 0.727. The largest absolute Gasteiger partial charge is 0.392 e. The number of ketones is 3. The van der Waals surface area contributed by atoms with Gasteiger partial charge >= 0.3 is 0 Å². The first-order chi connectivity index (χ1) is 8.85. The Morgan fingerprint density at radius 2 is 1.35 bits per heavy atom. The Kier molecular flexibility index (Phi) is 3.90. The van der Waals surface area contributed by atoms with E-state index in [1.807, 2.05) is 0 Å². The predicted molar refractivity (Wildman–Crippen MR) is 63.6 cm³/mol. The lowest BCUT2D eigenvalue weighted by molar-refractivity contribution is -0.251. The maximum absolute atomic E-state index is 11.7. The normalized spacial score (nSPS) is 44.4. The number of ether oxygens (including phenoxy) is 1. The van der Waals surface area contributed by atoms with Crippen molar-refractivity contribution in [2.24, 2.45) is 0 Å². The van der Waals surface area contributed by atoms with Crippen molar-refractivity contribution in [3.8, 4) is 0 Å². The summed E-state index contributed by atoms with van der Waals surface area (Å²) in [5.41, 5.74) is -6.58. The number of Topliss-reactive ketones (excluding diaryl/α,β-unsaturated/α-hetero) is 3. The molecular weight excluding hydrogens is 296 g/mol. The Hall–Kier alpha value is -0.900. The molecule has 0 aromatic rings. The lowest BCUT2D eigenvalue weighted by Gasteiger charge is -2.40. The molecule has 0 amide bonds. The van der Waals surface area contributed by atoms with Gasteiger partial charge in [-0.3, -0.25) is 14.4 Å². The number of alkyl halides is 1. The van der Waals surface area contributed by atoms with Gasteiger partial charge in [0.2, 0.25) is 16.3 Å². The molecular formula is C11H15ClO8. The number of aliphatic hydroxyl groups is 4. The summed E-state index contributed by atoms with van der Waals surface area (Å²) in [5.74, 6) is -7.14. The molecule has 0 spiro atoms. The van der Waals surface area contributed by atoms with Crippen LogP contribution in [0.25, 0.3) is 0 Å². The van der Waals surface area contributed by atoms with Crippen molar-refractivity contribution >= 4 is 29.0 Å². The maximum atomic E-state index is 11.7. The van der Waals surface area contributed by atoms with Gasteiger partial charge in [0.25, 0.3) is 5.79 Å². The fourth-order valence-electron chi connectivity index (χ4n) is 2.38. The first kappa shape index (κ1) is 17.2. The first-order valence-electron chi connectivity index (χ1n) is 5.55. The van der Waals surface area contributed by atoms with Crippen LogP contribution in [0.2, 0.25) is 0 Å². The van der Waals surface area contributed by atoms with Crippen LogP contribution in [0.1, 0.15) is 20.8 Å². The van der Waals surface area contributed by atoms with E-state index in [0.717, 1.165) is 20.8 Å². The van der Waals surface area contributed by atoms with Gasteiger partial charge in [0, 0.05) is 6.92 Å². The summed E-state index contributed by atoms with van der Waals surface area (Å²) in [4.78, 5) is 35.0. The quantitative estimate of drug-likeness (QED) is 0.431. The fraction of sp³-hybridized carbons (Fsp3) is 0.727. The minimum Gasteiger partial charge on any atom is -0.392 e. The van der Waals surface area contributed by atoms with E-state index in [4.69, 9.17) is 11.6 Å². The zero-order valence-electron chi connectivity index (χ0n) is 11.0. The molecule has 20 heavy (non-hydrogen) atoms. The number of hydrogen-bond acceptors (Lipinski definition) is 8. The molecule has 1 aliphatic rings. The Labute approximate surface area is 118 Å². The van der Waals surface area contributed by atoms with Gasteiger partial charge in [-0.1, -0.05) is 11.6 Å². The summed E-state index contributed by atoms with van der Waals surface area (Å²) in [6.45, 7) is 0.991. The molecule has 8 nitrogen and oxygen atoms in total. The maximum Gasteiger partial charge on any atom is 0.268 e. The number of carbonyl (C=O) groups is 3. The smallest absolute Gasteiger partial charge is 0.268 e. The molecule has 4 N–H and O–H groups in total. The second kappa shape index (κ2) is 4.55. The predicted octanol–water partition coefficient (Wildman–Crippen LogP) is -2.14. The average Bonchev–Trinajstić information content (AvgIpc) is 2.48. The van der Waals surface area contributed by atoms with Crippen LogP contribution in [0.3, 0.4) is 0 Å². The number of carbonyl (C=O) groups excluding carboxylic acids is 3. The van der Waals surface area contributed by atoms with Crippen LogP contribution >= 0.6 is 11.6 Å². The zero-order valence-corrected chi connectivity index (χ0v) is 11.8. The summed E-state index contributed by atoms with van der Waals surface area (Å²) in [6, 6.07) is 0. The van der Waals surface area contributed by atoms with Gasteiger partial charge < -0.3 is 25.2 Å². The van der Waals surface area contributed by atoms with Gasteiger partial charge in [-0.25, -0.2) is 0 Å². The molecule has 1 heterocycles. The van der Waals surface area contributed by atoms with Crippen molar-refractivity contribution in [1.82, 2.24) is 0 Å². The SMILES string of the molecule is CC(=O)C1(O)O[C@](Cl)(CO)[C@](O)(C(C)=O)[C@]1(O)C(C)=O. The topological polar surface area (TPSA) is 141 Å². The van der Waals surface area contributed by atoms with E-state index in [2.05, 4.69) is 4.74 Å². The van der Waals surface area contributed by atoms with Crippen LogP contribution in [-0.2, 0) is 19.1 Å². The summed E-state index contributed by atoms with van der Waals surface area (Å²) in [6.07, 6.45) is 0. The lowest BCUT2D eigenvalue weighted by Crippen LogP contribution is -2.73. The van der Waals surface area contributed by atoms with Crippen LogP contribution in [0.15, 0.2) is 0 Å². The van der Waals surface area contributed by atoms with Crippen LogP contribution in [-0.4, -0.2) is 66.4 Å². The van der Waals surface area contributed by atoms with Crippen molar-refractivity contribution in [3.05, 3.63) is 0 Å². The molecule has 0 saturated carbocycles. The fourth-order valence-corrected chi connectivity index (χ4v) is 2.76. The van der Waals surface area contributed by atoms with E-state index in [-0.39, 0.29) is 0 Å². The highest BCUT2D eigenvalue weighted by molar-refractivity contribution is 6.28. The van der Waals surface area contributed by atoms with Crippen molar-refractivity contribution in [2.45, 2.75) is 42.8 Å². The number of aliphatic hydroxyl groups excluding tert-OH is 1. The number of rotatable bonds is 4. The first-order valence-corrected chi connectivity index (χ1v) is 5.93. The van der Waals surface area contributed by atoms with E-state index in [9.17, 15) is 34.8 Å². The molecule has 1 unspecified atom stereocenters. The molecule has 0 aromatic carbocycles. The highest BCUT2D eigenvalue weighted by atomic mass is 35.5. The minimum atomic E-state index is -3.36. The van der Waals surface area contributed by atoms with Crippen molar-refractivity contribution in [2.75, 3.05) is 6.61 Å². The molecule has 1 saturated heterocycles. The molecule has 9 heteroatoms. The van der Waals surface area contributed by atoms with Gasteiger partial charge in [-0.2, -0.15) is 0 Å². The molecule has 0 aromatic heterocycles. The number of hydrogen-bond donors (Lipinski definition) is 4. The highest BCUT2D eigenvalue weighted by Crippen LogP contribution is 2.54. The molecule has 0 aliphatic carbocycles. The monoisotopic (exact) mass is 310 g/mol. The summed E-state index contributed by atoms with van der Waals surface area (Å²) in [7, 11) is 0. The van der Waals surface area contributed by atoms with Gasteiger partial charge in [-0.15, -0.1) is 0 Å². The molecule has 0 radical (unpaired) electrons. The zero-order chi connectivity index (χ0) is 16.1. The molecule has 4 atom stereocenters. The third-order valence-corrected chi connectivity index (χ3v) is 4.03. The van der Waals surface area contributed by atoms with E-state index in [1.165, 1.54) is 0 Å². The van der Waals surface area contributed by atoms with Gasteiger partial charge in [-0.05, 0) is 13.8 Å². The van der Waals surface area contributed by atoms with E-state index >= 15 is 0 Å². The molecule has 1 aliphatic heterocycles. The molecule has 1 fully saturated rings. The third kappa shape index (κ3) is 1.57. The lowest BCUT2D eigenvalue weighted by atomic mass is 9.70. The van der Waals surface area contributed by atoms with Crippen LogP contribution < -0.4 is 0 Å². The second-order valence-corrected chi connectivity index (χ2v) is 5.33. The standard InChI is InChI=1S/C11H15ClO8/c1-5(14)9(17)8(12,4-13)20-11(19,7(3)16)10(9,18)6(2)15/h13,17-19H,4H2,1-3H3/t8-,9-,10-,11?/m1/s1. The Balaban J connectivity index is 3.81. The third-order valence-electron chi connectivity index (χ3n) is 3.56. The highest BCUT2D eigenvalue weighted by Gasteiger charge is 2.84. The molecule has 1 rings (SSSR count). The Morgan fingerprint density at radius 3 is 1.60 bits per heavy atom. The average molecular weight is 311 g/mol. The Bertz CT molecular complexity index is 493. The number of halogens is 1. The van der Waals surface area contributed by atoms with E-state index < -0.39 is 46.0 Å². The molecule has 0 bridgehead atoms. The van der Waals surface area contributed by atoms with Crippen molar-refractivity contribution in [1.29, 1.82) is 0 Å². The van der Waals surface area contributed by atoms with Crippen LogP contribution in [0.4, 0.5) is 0 Å². The second-order valence-electron chi connectivity index (χ2n) is 4.72. The Morgan fingerprint density at radius 1 is 0.950 bits per heavy atom. The van der Waals surface area contributed by atoms with E-state index in [1.54, 1.807) is 0 Å². The van der Waals surface area contributed by atoms with Crippen molar-refractivity contribution < 1.29 is 39.5 Å². The summed E-state index contributed by atoms with van der Waals surface area (Å²) >= 11 is 5.75. The van der Waals surface area contributed by atoms with Crippen LogP contribution in [0, 0.1) is 0 Å². The summed E-state index contributed by atoms with van der Waals surface area (Å²) in [5, 5.41) is 37.4. The van der Waals surface area contributed by atoms with E-state index in [0.29, 0.717) is 0 Å². The molecule has 114 valence electrons. The van der Waals surface area contributed by atoms with Crippen molar-refractivity contribution in [3.63, 3.8) is 0 Å². The van der Waals surface area contributed by atoms with Crippen LogP contribution in [0.5, 0.6) is 0 Å². The van der Waals surface area contributed by atoms with Gasteiger partial charge in [0.15, 0.2) is 17.3 Å². The van der Waals surface area contributed by atoms with Gasteiger partial charge in [0.05, 0.1) is 6.61 Å².